The van der Waals surface area contributed by atoms with Crippen molar-refractivity contribution in [2.24, 2.45) is 4.99 Å². The highest BCUT2D eigenvalue weighted by Crippen LogP contribution is 2.36. The standard InChI is InChI=1S/C21H20N2O5S/c1-4-23-19(24)18(11-14-7-10-16(27-2)12-17(14)28-3)29-21(23)22-15-8-5-13(6-9-15)20(25)26/h5-12H,4H2,1-3H3,(H,25,26). The summed E-state index contributed by atoms with van der Waals surface area (Å²) in [7, 11) is 3.14. The Morgan fingerprint density at radius 2 is 1.90 bits per heavy atom. The molecular formula is C21H20N2O5S. The number of carbonyl (C=O) groups is 2. The van der Waals surface area contributed by atoms with Crippen LogP contribution in [0, 0.1) is 0 Å². The van der Waals surface area contributed by atoms with E-state index in [4.69, 9.17) is 14.6 Å². The van der Waals surface area contributed by atoms with Gasteiger partial charge in [-0.15, -0.1) is 0 Å². The van der Waals surface area contributed by atoms with Gasteiger partial charge in [0.15, 0.2) is 5.17 Å². The van der Waals surface area contributed by atoms with E-state index in [1.807, 2.05) is 13.0 Å². The molecule has 2 aromatic carbocycles. The second kappa shape index (κ2) is 8.83. The highest BCUT2D eigenvalue weighted by Gasteiger charge is 2.32. The molecule has 29 heavy (non-hydrogen) atoms. The number of amides is 1. The zero-order valence-electron chi connectivity index (χ0n) is 16.2. The smallest absolute Gasteiger partial charge is 0.335 e. The maximum Gasteiger partial charge on any atom is 0.335 e. The number of aliphatic imine (C=N–C) groups is 1. The number of nitrogens with zero attached hydrogens (tertiary/aromatic N) is 2. The van der Waals surface area contributed by atoms with Gasteiger partial charge in [0.25, 0.3) is 5.91 Å². The maximum atomic E-state index is 12.8. The van der Waals surface area contributed by atoms with Crippen LogP contribution in [0.4, 0.5) is 5.69 Å². The van der Waals surface area contributed by atoms with Crippen molar-refractivity contribution in [3.05, 3.63) is 58.5 Å². The van der Waals surface area contributed by atoms with Crippen LogP contribution in [0.5, 0.6) is 11.5 Å². The molecule has 1 aliphatic rings. The Morgan fingerprint density at radius 1 is 1.17 bits per heavy atom. The van der Waals surface area contributed by atoms with Gasteiger partial charge in [-0.1, -0.05) is 0 Å². The lowest BCUT2D eigenvalue weighted by atomic mass is 10.1. The predicted molar refractivity (Wildman–Crippen MR) is 113 cm³/mol. The SMILES string of the molecule is CCN1C(=O)C(=Cc2ccc(OC)cc2OC)SC1=Nc1ccc(C(=O)O)cc1. The lowest BCUT2D eigenvalue weighted by Gasteiger charge is -2.12. The summed E-state index contributed by atoms with van der Waals surface area (Å²) in [5.74, 6) is 0.124. The zero-order chi connectivity index (χ0) is 21.0. The van der Waals surface area contributed by atoms with E-state index >= 15 is 0 Å². The molecule has 7 nitrogen and oxygen atoms in total. The van der Waals surface area contributed by atoms with Gasteiger partial charge in [-0.2, -0.15) is 0 Å². The molecule has 2 aromatic rings. The van der Waals surface area contributed by atoms with Crippen molar-refractivity contribution >= 4 is 40.6 Å². The molecule has 3 rings (SSSR count). The third kappa shape index (κ3) is 4.43. The minimum Gasteiger partial charge on any atom is -0.497 e. The number of hydrogen-bond donors (Lipinski definition) is 1. The Bertz CT molecular complexity index is 999. The van der Waals surface area contributed by atoms with Crippen LogP contribution < -0.4 is 9.47 Å². The fourth-order valence-corrected chi connectivity index (χ4v) is 3.79. The molecule has 1 saturated heterocycles. The van der Waals surface area contributed by atoms with Crippen LogP contribution in [0.3, 0.4) is 0 Å². The summed E-state index contributed by atoms with van der Waals surface area (Å²) in [5, 5.41) is 9.55. The zero-order valence-corrected chi connectivity index (χ0v) is 17.0. The van der Waals surface area contributed by atoms with E-state index < -0.39 is 5.97 Å². The van der Waals surface area contributed by atoms with E-state index in [1.165, 1.54) is 23.9 Å². The van der Waals surface area contributed by atoms with E-state index in [0.717, 1.165) is 5.56 Å². The van der Waals surface area contributed by atoms with Gasteiger partial charge >= 0.3 is 5.97 Å². The number of carboxylic acids is 1. The maximum absolute atomic E-state index is 12.8. The first-order chi connectivity index (χ1) is 14.0. The second-order valence-electron chi connectivity index (χ2n) is 6.01. The van der Waals surface area contributed by atoms with Crippen LogP contribution in [0.2, 0.25) is 0 Å². The fourth-order valence-electron chi connectivity index (χ4n) is 2.74. The molecule has 1 heterocycles. The molecule has 0 spiro atoms. The highest BCUT2D eigenvalue weighted by molar-refractivity contribution is 8.18. The van der Waals surface area contributed by atoms with Crippen LogP contribution in [-0.2, 0) is 4.79 Å². The van der Waals surface area contributed by atoms with Crippen molar-refractivity contribution in [1.29, 1.82) is 0 Å². The normalized spacial score (nSPS) is 16.5. The topological polar surface area (TPSA) is 88.4 Å². The largest absolute Gasteiger partial charge is 0.497 e. The van der Waals surface area contributed by atoms with Crippen molar-refractivity contribution in [1.82, 2.24) is 4.90 Å². The molecular weight excluding hydrogens is 392 g/mol. The van der Waals surface area contributed by atoms with Crippen LogP contribution >= 0.6 is 11.8 Å². The number of amidine groups is 1. The number of ether oxygens (including phenoxy) is 2. The molecule has 0 aromatic heterocycles. The van der Waals surface area contributed by atoms with Gasteiger partial charge in [-0.25, -0.2) is 9.79 Å². The minimum atomic E-state index is -0.997. The highest BCUT2D eigenvalue weighted by atomic mass is 32.2. The van der Waals surface area contributed by atoms with Gasteiger partial charge in [0.05, 0.1) is 30.4 Å². The quantitative estimate of drug-likeness (QED) is 0.721. The van der Waals surface area contributed by atoms with Crippen molar-refractivity contribution < 1.29 is 24.2 Å². The summed E-state index contributed by atoms with van der Waals surface area (Å²) in [6, 6.07) is 11.6. The molecule has 0 bridgehead atoms. The molecule has 8 heteroatoms. The van der Waals surface area contributed by atoms with Gasteiger partial charge in [0.1, 0.15) is 11.5 Å². The Balaban J connectivity index is 1.92. The number of methoxy groups -OCH3 is 2. The summed E-state index contributed by atoms with van der Waals surface area (Å²) >= 11 is 1.27. The van der Waals surface area contributed by atoms with Gasteiger partial charge < -0.3 is 14.6 Å². The third-order valence-corrected chi connectivity index (χ3v) is 5.28. The molecule has 0 unspecified atom stereocenters. The lowest BCUT2D eigenvalue weighted by molar-refractivity contribution is -0.122. The summed E-state index contributed by atoms with van der Waals surface area (Å²) in [6.07, 6.45) is 1.77. The summed E-state index contributed by atoms with van der Waals surface area (Å²) in [4.78, 5) is 30.4. The Hall–Kier alpha value is -3.26. The molecule has 0 aliphatic carbocycles. The Kier molecular flexibility index (Phi) is 6.23. The fraction of sp³-hybridized carbons (Fsp3) is 0.190. The average molecular weight is 412 g/mol. The molecule has 1 aliphatic heterocycles. The number of benzene rings is 2. The number of thioether (sulfide) groups is 1. The number of aromatic carboxylic acids is 1. The average Bonchev–Trinajstić information content (AvgIpc) is 3.02. The van der Waals surface area contributed by atoms with Crippen molar-refractivity contribution in [2.75, 3.05) is 20.8 Å². The third-order valence-electron chi connectivity index (χ3n) is 4.27. The molecule has 0 saturated carbocycles. The van der Waals surface area contributed by atoms with Gasteiger partial charge in [0, 0.05) is 18.2 Å². The molecule has 1 amide bonds. The van der Waals surface area contributed by atoms with Crippen molar-refractivity contribution in [2.45, 2.75) is 6.92 Å². The van der Waals surface area contributed by atoms with Crippen molar-refractivity contribution in [3.8, 4) is 11.5 Å². The number of hydrogen-bond acceptors (Lipinski definition) is 6. The van der Waals surface area contributed by atoms with Crippen LogP contribution in [0.25, 0.3) is 6.08 Å². The van der Waals surface area contributed by atoms with Crippen LogP contribution in [0.15, 0.2) is 52.4 Å². The second-order valence-corrected chi connectivity index (χ2v) is 7.02. The van der Waals surface area contributed by atoms with Gasteiger partial charge in [-0.3, -0.25) is 9.69 Å². The van der Waals surface area contributed by atoms with Crippen molar-refractivity contribution in [3.63, 3.8) is 0 Å². The molecule has 0 radical (unpaired) electrons. The first-order valence-electron chi connectivity index (χ1n) is 8.82. The number of likely N-dealkylation sites (N-methyl/N-ethyl adjacent to an activating group) is 1. The number of rotatable bonds is 6. The molecule has 1 fully saturated rings. The Labute approximate surface area is 172 Å². The Morgan fingerprint density at radius 3 is 2.48 bits per heavy atom. The number of carbonyl (C=O) groups excluding carboxylic acids is 1. The van der Waals surface area contributed by atoms with Gasteiger partial charge in [0.2, 0.25) is 0 Å². The first-order valence-corrected chi connectivity index (χ1v) is 9.64. The van der Waals surface area contributed by atoms with E-state index in [0.29, 0.717) is 33.8 Å². The van der Waals surface area contributed by atoms with E-state index in [1.54, 1.807) is 49.5 Å². The predicted octanol–water partition coefficient (Wildman–Crippen LogP) is 4.03. The lowest BCUT2D eigenvalue weighted by Crippen LogP contribution is -2.28. The van der Waals surface area contributed by atoms with E-state index in [-0.39, 0.29) is 11.5 Å². The molecule has 0 atom stereocenters. The van der Waals surface area contributed by atoms with E-state index in [9.17, 15) is 9.59 Å². The number of carboxylic acid groups (broad SMARTS) is 1. The monoisotopic (exact) mass is 412 g/mol. The van der Waals surface area contributed by atoms with Crippen LogP contribution in [-0.4, -0.2) is 47.8 Å². The first kappa shape index (κ1) is 20.5. The summed E-state index contributed by atoms with van der Waals surface area (Å²) in [6.45, 7) is 2.34. The summed E-state index contributed by atoms with van der Waals surface area (Å²) in [5.41, 5.74) is 1.52. The van der Waals surface area contributed by atoms with E-state index in [2.05, 4.69) is 4.99 Å². The minimum absolute atomic E-state index is 0.142. The van der Waals surface area contributed by atoms with Gasteiger partial charge in [-0.05, 0) is 61.2 Å². The molecule has 1 N–H and O–H groups in total. The van der Waals surface area contributed by atoms with Crippen LogP contribution in [0.1, 0.15) is 22.8 Å². The summed E-state index contributed by atoms with van der Waals surface area (Å²) < 4.78 is 10.6. The molecule has 150 valence electrons.